The quantitative estimate of drug-likeness (QED) is 0.884. The highest BCUT2D eigenvalue weighted by Crippen LogP contribution is 2.36. The molecule has 0 aromatic heterocycles. The first-order valence-electron chi connectivity index (χ1n) is 6.46. The number of hydrogen-bond acceptors (Lipinski definition) is 3. The molecule has 110 valence electrons. The van der Waals surface area contributed by atoms with Crippen LogP contribution in [0.2, 0.25) is 5.02 Å². The number of carboxylic acids is 1. The predicted octanol–water partition coefficient (Wildman–Crippen LogP) is 2.77. The van der Waals surface area contributed by atoms with Gasteiger partial charge >= 0.3 is 5.97 Å². The van der Waals surface area contributed by atoms with Crippen LogP contribution in [0.25, 0.3) is 0 Å². The van der Waals surface area contributed by atoms with E-state index in [0.29, 0.717) is 16.3 Å². The number of rotatable bonds is 3. The number of benzene rings is 2. The number of carbonyl (C=O) groups excluding carboxylic acids is 2. The van der Waals surface area contributed by atoms with Gasteiger partial charge in [-0.25, -0.2) is 4.79 Å². The summed E-state index contributed by atoms with van der Waals surface area (Å²) in [5, 5.41) is 9.32. The number of anilines is 1. The van der Waals surface area contributed by atoms with Crippen molar-refractivity contribution in [2.24, 2.45) is 0 Å². The fourth-order valence-electron chi connectivity index (χ4n) is 2.45. The van der Waals surface area contributed by atoms with E-state index in [1.54, 1.807) is 30.3 Å². The van der Waals surface area contributed by atoms with Gasteiger partial charge in [-0.2, -0.15) is 0 Å². The van der Waals surface area contributed by atoms with Crippen LogP contribution in [0.3, 0.4) is 0 Å². The Kier molecular flexibility index (Phi) is 3.42. The van der Waals surface area contributed by atoms with Crippen LogP contribution in [0, 0.1) is 0 Å². The molecule has 22 heavy (non-hydrogen) atoms. The van der Waals surface area contributed by atoms with Crippen molar-refractivity contribution >= 4 is 34.9 Å². The molecule has 2 aromatic rings. The van der Waals surface area contributed by atoms with Crippen LogP contribution in [0.5, 0.6) is 0 Å². The summed E-state index contributed by atoms with van der Waals surface area (Å²) in [6.07, 6.45) is 0. The first kappa shape index (κ1) is 14.3. The summed E-state index contributed by atoms with van der Waals surface area (Å²) in [6.45, 7) is 0.0857. The summed E-state index contributed by atoms with van der Waals surface area (Å²) >= 11 is 6.10. The topological polar surface area (TPSA) is 74.7 Å². The third-order valence-electron chi connectivity index (χ3n) is 3.46. The van der Waals surface area contributed by atoms with Crippen molar-refractivity contribution in [2.75, 3.05) is 4.90 Å². The second kappa shape index (κ2) is 5.27. The van der Waals surface area contributed by atoms with Crippen molar-refractivity contribution in [2.45, 2.75) is 6.54 Å². The van der Waals surface area contributed by atoms with E-state index in [0.717, 1.165) is 0 Å². The molecule has 5 nitrogen and oxygen atoms in total. The fourth-order valence-corrected chi connectivity index (χ4v) is 2.72. The molecule has 2 aromatic carbocycles. The fraction of sp³-hybridized carbons (Fsp3) is 0.0625. The van der Waals surface area contributed by atoms with Crippen molar-refractivity contribution < 1.29 is 19.5 Å². The van der Waals surface area contributed by atoms with E-state index in [1.165, 1.54) is 17.0 Å². The Bertz CT molecular complexity index is 816. The molecule has 1 aliphatic rings. The number of carboxylic acid groups (broad SMARTS) is 1. The summed E-state index contributed by atoms with van der Waals surface area (Å²) in [5.41, 5.74) is 1.37. The van der Waals surface area contributed by atoms with Crippen LogP contribution < -0.4 is 4.90 Å². The predicted molar refractivity (Wildman–Crippen MR) is 80.4 cm³/mol. The Hall–Kier alpha value is -2.66. The van der Waals surface area contributed by atoms with Crippen molar-refractivity contribution in [3.05, 3.63) is 64.2 Å². The minimum Gasteiger partial charge on any atom is -0.478 e. The van der Waals surface area contributed by atoms with Crippen LogP contribution in [0.1, 0.15) is 26.3 Å². The van der Waals surface area contributed by atoms with Gasteiger partial charge in [0.1, 0.15) is 0 Å². The van der Waals surface area contributed by atoms with Crippen molar-refractivity contribution in [1.29, 1.82) is 0 Å². The lowest BCUT2D eigenvalue weighted by atomic mass is 10.1. The lowest BCUT2D eigenvalue weighted by molar-refractivity contribution is -0.114. The van der Waals surface area contributed by atoms with E-state index in [-0.39, 0.29) is 17.7 Å². The summed E-state index contributed by atoms with van der Waals surface area (Å²) in [6, 6.07) is 11.0. The van der Waals surface area contributed by atoms with Gasteiger partial charge in [-0.3, -0.25) is 14.5 Å². The third kappa shape index (κ3) is 2.25. The molecule has 3 rings (SSSR count). The lowest BCUT2D eigenvalue weighted by Crippen LogP contribution is -2.29. The largest absolute Gasteiger partial charge is 0.478 e. The number of para-hydroxylation sites is 1. The number of amides is 1. The smallest absolute Gasteiger partial charge is 0.335 e. The number of ketones is 1. The average Bonchev–Trinajstić information content (AvgIpc) is 2.74. The second-order valence-electron chi connectivity index (χ2n) is 4.86. The van der Waals surface area contributed by atoms with Gasteiger partial charge in [-0.1, -0.05) is 29.8 Å². The number of aromatic carboxylic acids is 1. The van der Waals surface area contributed by atoms with Crippen LogP contribution in [-0.2, 0) is 11.3 Å². The number of nitrogens with zero attached hydrogens (tertiary/aromatic N) is 1. The molecule has 1 aliphatic heterocycles. The van der Waals surface area contributed by atoms with E-state index in [9.17, 15) is 14.4 Å². The maximum absolute atomic E-state index is 12.1. The van der Waals surface area contributed by atoms with E-state index in [2.05, 4.69) is 0 Å². The number of hydrogen-bond donors (Lipinski definition) is 1. The molecule has 0 saturated heterocycles. The zero-order chi connectivity index (χ0) is 15.9. The van der Waals surface area contributed by atoms with E-state index in [1.807, 2.05) is 0 Å². The van der Waals surface area contributed by atoms with Crippen LogP contribution >= 0.6 is 11.6 Å². The number of halogens is 1. The minimum atomic E-state index is -1.05. The van der Waals surface area contributed by atoms with E-state index >= 15 is 0 Å². The molecule has 1 amide bonds. The Labute approximate surface area is 130 Å². The molecule has 6 heteroatoms. The Morgan fingerprint density at radius 1 is 1.14 bits per heavy atom. The number of Topliss-reactive ketones (excluding diaryl/α,β-unsaturated/α-hetero) is 1. The molecule has 1 heterocycles. The van der Waals surface area contributed by atoms with Gasteiger partial charge in [0.05, 0.1) is 28.4 Å². The molecule has 0 unspecified atom stereocenters. The normalized spacial score (nSPS) is 13.4. The van der Waals surface area contributed by atoms with Gasteiger partial charge in [0.15, 0.2) is 0 Å². The molecule has 0 aliphatic carbocycles. The average molecular weight is 316 g/mol. The number of carbonyl (C=O) groups is 3. The van der Waals surface area contributed by atoms with Crippen LogP contribution in [0.4, 0.5) is 5.69 Å². The standard InChI is InChI=1S/C16H10ClNO4/c17-12-6-2-5-11-13(12)18(15(20)14(11)19)8-9-3-1-4-10(7-9)16(21)22/h1-7H,8H2,(H,21,22). The van der Waals surface area contributed by atoms with Crippen LogP contribution in [0.15, 0.2) is 42.5 Å². The molecular formula is C16H10ClNO4. The summed E-state index contributed by atoms with van der Waals surface area (Å²) in [7, 11) is 0. The van der Waals surface area contributed by atoms with Gasteiger partial charge in [0.2, 0.25) is 0 Å². The summed E-state index contributed by atoms with van der Waals surface area (Å²) in [5.74, 6) is -2.32. The zero-order valence-electron chi connectivity index (χ0n) is 11.2. The monoisotopic (exact) mass is 315 g/mol. The van der Waals surface area contributed by atoms with Gasteiger partial charge in [0, 0.05) is 0 Å². The molecule has 0 saturated carbocycles. The van der Waals surface area contributed by atoms with Gasteiger partial charge < -0.3 is 5.11 Å². The summed E-state index contributed by atoms with van der Waals surface area (Å²) in [4.78, 5) is 36.4. The van der Waals surface area contributed by atoms with E-state index in [4.69, 9.17) is 16.7 Å². The Morgan fingerprint density at radius 3 is 2.59 bits per heavy atom. The molecule has 0 atom stereocenters. The van der Waals surface area contributed by atoms with Gasteiger partial charge in [-0.05, 0) is 29.8 Å². The Balaban J connectivity index is 2.00. The molecule has 0 spiro atoms. The van der Waals surface area contributed by atoms with Gasteiger partial charge in [-0.15, -0.1) is 0 Å². The lowest BCUT2D eigenvalue weighted by Gasteiger charge is -2.17. The SMILES string of the molecule is O=C(O)c1cccc(CN2C(=O)C(=O)c3cccc(Cl)c32)c1. The maximum Gasteiger partial charge on any atom is 0.335 e. The first-order valence-corrected chi connectivity index (χ1v) is 6.84. The molecular weight excluding hydrogens is 306 g/mol. The maximum atomic E-state index is 12.1. The van der Waals surface area contributed by atoms with Crippen LogP contribution in [-0.4, -0.2) is 22.8 Å². The van der Waals surface area contributed by atoms with Gasteiger partial charge in [0.25, 0.3) is 11.7 Å². The van der Waals surface area contributed by atoms with Crippen molar-refractivity contribution in [3.63, 3.8) is 0 Å². The summed E-state index contributed by atoms with van der Waals surface area (Å²) < 4.78 is 0. The molecule has 0 bridgehead atoms. The Morgan fingerprint density at radius 2 is 1.86 bits per heavy atom. The van der Waals surface area contributed by atoms with Crippen molar-refractivity contribution in [3.8, 4) is 0 Å². The zero-order valence-corrected chi connectivity index (χ0v) is 12.0. The highest BCUT2D eigenvalue weighted by molar-refractivity contribution is 6.54. The second-order valence-corrected chi connectivity index (χ2v) is 5.27. The molecule has 1 N–H and O–H groups in total. The highest BCUT2D eigenvalue weighted by Gasteiger charge is 2.37. The van der Waals surface area contributed by atoms with E-state index < -0.39 is 17.7 Å². The first-order chi connectivity index (χ1) is 10.5. The van der Waals surface area contributed by atoms with Crippen molar-refractivity contribution in [1.82, 2.24) is 0 Å². The minimum absolute atomic E-state index is 0.0857. The highest BCUT2D eigenvalue weighted by atomic mass is 35.5. The number of fused-ring (bicyclic) bond motifs is 1. The third-order valence-corrected chi connectivity index (χ3v) is 3.76. The molecule has 0 radical (unpaired) electrons. The molecule has 0 fully saturated rings.